The average Bonchev–Trinajstić information content (AvgIpc) is 3.01. The number of nitrogens with zero attached hydrogens (tertiary/aromatic N) is 3. The van der Waals surface area contributed by atoms with E-state index in [9.17, 15) is 0 Å². The minimum atomic E-state index is 0.682. The van der Waals surface area contributed by atoms with Crippen LogP contribution in [0.2, 0.25) is 0 Å². The fourth-order valence-corrected chi connectivity index (χ4v) is 2.57. The highest BCUT2D eigenvalue weighted by Gasteiger charge is 2.14. The Morgan fingerprint density at radius 1 is 1.10 bits per heavy atom. The van der Waals surface area contributed by atoms with Crippen molar-refractivity contribution in [1.29, 1.82) is 0 Å². The summed E-state index contributed by atoms with van der Waals surface area (Å²) in [5.74, 6) is 0.895. The number of aromatic nitrogens is 3. The van der Waals surface area contributed by atoms with Crippen LogP contribution in [0.4, 0.5) is 0 Å². The van der Waals surface area contributed by atoms with E-state index in [2.05, 4.69) is 22.1 Å². The molecule has 0 spiro atoms. The molecule has 0 fully saturated rings. The van der Waals surface area contributed by atoms with Crippen LogP contribution >= 0.6 is 0 Å². The highest BCUT2D eigenvalue weighted by molar-refractivity contribution is 6.08. The van der Waals surface area contributed by atoms with E-state index in [4.69, 9.17) is 4.42 Å². The maximum absolute atomic E-state index is 5.98. The van der Waals surface area contributed by atoms with Crippen molar-refractivity contribution in [1.82, 2.24) is 14.5 Å². The van der Waals surface area contributed by atoms with Crippen molar-refractivity contribution >= 4 is 22.1 Å². The van der Waals surface area contributed by atoms with Crippen LogP contribution in [0.1, 0.15) is 5.69 Å². The number of benzene rings is 1. The molecular formula is C16H13N3O. The molecule has 4 nitrogen and oxygen atoms in total. The molecule has 0 saturated heterocycles. The van der Waals surface area contributed by atoms with E-state index < -0.39 is 0 Å². The third-order valence-electron chi connectivity index (χ3n) is 3.57. The Labute approximate surface area is 115 Å². The average molecular weight is 263 g/mol. The van der Waals surface area contributed by atoms with Crippen LogP contribution in [0, 0.1) is 6.92 Å². The van der Waals surface area contributed by atoms with Crippen LogP contribution in [0.25, 0.3) is 33.5 Å². The monoisotopic (exact) mass is 263 g/mol. The van der Waals surface area contributed by atoms with E-state index in [1.807, 2.05) is 42.9 Å². The summed E-state index contributed by atoms with van der Waals surface area (Å²) in [5.41, 5.74) is 3.47. The maximum Gasteiger partial charge on any atom is 0.227 e. The largest absolute Gasteiger partial charge is 0.437 e. The Morgan fingerprint density at radius 3 is 2.80 bits per heavy atom. The zero-order chi connectivity index (χ0) is 13.7. The standard InChI is InChI=1S/C16H13N3O/c1-10-6-7-12-11-4-3-5-13(14(11)20-16(12)18-10)15-17-8-9-19(15)2/h3-9H,1-2H3. The first-order chi connectivity index (χ1) is 9.74. The number of rotatable bonds is 1. The number of furan rings is 1. The summed E-state index contributed by atoms with van der Waals surface area (Å²) < 4.78 is 7.97. The Bertz CT molecular complexity index is 933. The van der Waals surface area contributed by atoms with Crippen LogP contribution in [0.3, 0.4) is 0 Å². The summed E-state index contributed by atoms with van der Waals surface area (Å²) >= 11 is 0. The molecular weight excluding hydrogens is 250 g/mol. The molecule has 0 atom stereocenters. The number of para-hydroxylation sites is 1. The van der Waals surface area contributed by atoms with Crippen LogP contribution in [-0.2, 0) is 7.05 Å². The van der Waals surface area contributed by atoms with Gasteiger partial charge in [0.1, 0.15) is 11.4 Å². The second-order valence-electron chi connectivity index (χ2n) is 4.95. The van der Waals surface area contributed by atoms with E-state index in [0.29, 0.717) is 5.71 Å². The van der Waals surface area contributed by atoms with E-state index >= 15 is 0 Å². The third-order valence-corrected chi connectivity index (χ3v) is 3.57. The van der Waals surface area contributed by atoms with E-state index in [1.165, 1.54) is 0 Å². The molecule has 3 heterocycles. The molecule has 0 aliphatic heterocycles. The summed E-state index contributed by atoms with van der Waals surface area (Å²) in [5, 5.41) is 2.12. The number of hydrogen-bond acceptors (Lipinski definition) is 3. The topological polar surface area (TPSA) is 43.9 Å². The van der Waals surface area contributed by atoms with Crippen molar-refractivity contribution in [2.75, 3.05) is 0 Å². The highest BCUT2D eigenvalue weighted by atomic mass is 16.3. The predicted octanol–water partition coefficient (Wildman–Crippen LogP) is 3.69. The molecule has 4 aromatic rings. The van der Waals surface area contributed by atoms with Gasteiger partial charge in [-0.3, -0.25) is 0 Å². The lowest BCUT2D eigenvalue weighted by atomic mass is 10.1. The molecule has 0 aliphatic carbocycles. The molecule has 0 bridgehead atoms. The Hall–Kier alpha value is -2.62. The van der Waals surface area contributed by atoms with Gasteiger partial charge in [-0.2, -0.15) is 0 Å². The van der Waals surface area contributed by atoms with Crippen molar-refractivity contribution in [2.24, 2.45) is 7.05 Å². The zero-order valence-corrected chi connectivity index (χ0v) is 11.3. The summed E-state index contributed by atoms with van der Waals surface area (Å²) in [6, 6.07) is 10.2. The smallest absolute Gasteiger partial charge is 0.227 e. The van der Waals surface area contributed by atoms with Crippen molar-refractivity contribution in [3.63, 3.8) is 0 Å². The van der Waals surface area contributed by atoms with Crippen molar-refractivity contribution in [3.8, 4) is 11.4 Å². The first-order valence-corrected chi connectivity index (χ1v) is 6.50. The summed E-state index contributed by atoms with van der Waals surface area (Å²) in [4.78, 5) is 8.87. The molecule has 3 aromatic heterocycles. The minimum Gasteiger partial charge on any atom is -0.437 e. The molecule has 98 valence electrons. The molecule has 0 N–H and O–H groups in total. The number of aryl methyl sites for hydroxylation is 2. The fourth-order valence-electron chi connectivity index (χ4n) is 2.57. The van der Waals surface area contributed by atoms with Crippen molar-refractivity contribution in [3.05, 3.63) is 48.4 Å². The van der Waals surface area contributed by atoms with E-state index in [-0.39, 0.29) is 0 Å². The first kappa shape index (κ1) is 11.2. The van der Waals surface area contributed by atoms with Gasteiger partial charge in [0, 0.05) is 35.9 Å². The highest BCUT2D eigenvalue weighted by Crippen LogP contribution is 2.34. The van der Waals surface area contributed by atoms with Gasteiger partial charge in [-0.05, 0) is 25.1 Å². The number of fused-ring (bicyclic) bond motifs is 3. The summed E-state index contributed by atoms with van der Waals surface area (Å²) in [6.07, 6.45) is 3.72. The predicted molar refractivity (Wildman–Crippen MR) is 78.5 cm³/mol. The van der Waals surface area contributed by atoms with Crippen LogP contribution in [0.15, 0.2) is 47.1 Å². The lowest BCUT2D eigenvalue weighted by Crippen LogP contribution is -1.91. The van der Waals surface area contributed by atoms with Crippen LogP contribution in [0.5, 0.6) is 0 Å². The Morgan fingerprint density at radius 2 is 2.00 bits per heavy atom. The second-order valence-corrected chi connectivity index (χ2v) is 4.95. The lowest BCUT2D eigenvalue weighted by Gasteiger charge is -2.02. The third kappa shape index (κ3) is 1.48. The Balaban J connectivity index is 2.13. The summed E-state index contributed by atoms with van der Waals surface area (Å²) in [6.45, 7) is 1.96. The van der Waals surface area contributed by atoms with Crippen LogP contribution < -0.4 is 0 Å². The van der Waals surface area contributed by atoms with Gasteiger partial charge in [-0.25, -0.2) is 9.97 Å². The fraction of sp³-hybridized carbons (Fsp3) is 0.125. The van der Waals surface area contributed by atoms with Gasteiger partial charge < -0.3 is 8.98 Å². The normalized spacial score (nSPS) is 11.5. The molecule has 0 saturated carbocycles. The molecule has 1 aromatic carbocycles. The van der Waals surface area contributed by atoms with Crippen molar-refractivity contribution in [2.45, 2.75) is 6.92 Å². The van der Waals surface area contributed by atoms with Gasteiger partial charge in [-0.15, -0.1) is 0 Å². The summed E-state index contributed by atoms with van der Waals surface area (Å²) in [7, 11) is 1.98. The van der Waals surface area contributed by atoms with E-state index in [0.717, 1.165) is 33.4 Å². The van der Waals surface area contributed by atoms with Gasteiger partial charge in [0.05, 0.1) is 5.56 Å². The quantitative estimate of drug-likeness (QED) is 0.526. The SMILES string of the molecule is Cc1ccc2c(n1)oc1c(-c3nccn3C)cccc12. The molecule has 0 unspecified atom stereocenters. The molecule has 20 heavy (non-hydrogen) atoms. The van der Waals surface area contributed by atoms with Gasteiger partial charge in [0.2, 0.25) is 5.71 Å². The molecule has 4 heteroatoms. The van der Waals surface area contributed by atoms with Gasteiger partial charge in [0.15, 0.2) is 0 Å². The molecule has 0 aliphatic rings. The zero-order valence-electron chi connectivity index (χ0n) is 11.3. The number of pyridine rings is 1. The van der Waals surface area contributed by atoms with Gasteiger partial charge in [0.25, 0.3) is 0 Å². The lowest BCUT2D eigenvalue weighted by molar-refractivity contribution is 0.653. The van der Waals surface area contributed by atoms with Crippen molar-refractivity contribution < 1.29 is 4.42 Å². The molecule has 0 radical (unpaired) electrons. The van der Waals surface area contributed by atoms with Gasteiger partial charge >= 0.3 is 0 Å². The second kappa shape index (κ2) is 3.93. The number of imidazole rings is 1. The first-order valence-electron chi connectivity index (χ1n) is 6.50. The van der Waals surface area contributed by atoms with E-state index in [1.54, 1.807) is 6.20 Å². The number of hydrogen-bond donors (Lipinski definition) is 0. The van der Waals surface area contributed by atoms with Crippen LogP contribution in [-0.4, -0.2) is 14.5 Å². The Kier molecular flexibility index (Phi) is 2.21. The molecule has 4 rings (SSSR count). The molecule has 0 amide bonds. The minimum absolute atomic E-state index is 0.682. The maximum atomic E-state index is 5.98. The van der Waals surface area contributed by atoms with Gasteiger partial charge in [-0.1, -0.05) is 12.1 Å².